The summed E-state index contributed by atoms with van der Waals surface area (Å²) in [5.74, 6) is 0. The average Bonchev–Trinajstić information content (AvgIpc) is 2.24. The van der Waals surface area contributed by atoms with Crippen LogP contribution < -0.4 is 5.46 Å². The van der Waals surface area contributed by atoms with Crippen molar-refractivity contribution in [3.8, 4) is 6.07 Å². The normalized spacial score (nSPS) is 12.1. The van der Waals surface area contributed by atoms with Crippen LogP contribution in [0.3, 0.4) is 0 Å². The quantitative estimate of drug-likeness (QED) is 0.844. The summed E-state index contributed by atoms with van der Waals surface area (Å²) in [7, 11) is 0.298. The Bertz CT molecular complexity index is 475. The molecule has 0 bridgehead atoms. The molecule has 1 aromatic rings. The molecule has 0 spiro atoms. The lowest BCUT2D eigenvalue weighted by molar-refractivity contribution is -0.0893. The smallest absolute Gasteiger partial charge is 0.309 e. The number of rotatable bonds is 4. The zero-order valence-corrected chi connectivity index (χ0v) is 11.9. The maximum absolute atomic E-state index is 9.98. The van der Waals surface area contributed by atoms with Crippen LogP contribution in [0.15, 0.2) is 18.2 Å². The minimum atomic E-state index is -0.955. The van der Waals surface area contributed by atoms with Crippen LogP contribution in [0.4, 0.5) is 0 Å². The molecular weight excluding hydrogens is 248 g/mol. The highest BCUT2D eigenvalue weighted by molar-refractivity contribution is 6.48. The Morgan fingerprint density at radius 2 is 1.89 bits per heavy atom. The monoisotopic (exact) mass is 265 g/mol. The van der Waals surface area contributed by atoms with Crippen molar-refractivity contribution in [2.75, 3.05) is 0 Å². The van der Waals surface area contributed by atoms with Gasteiger partial charge in [0.15, 0.2) is 0 Å². The summed E-state index contributed by atoms with van der Waals surface area (Å²) in [6.07, 6.45) is 0. The Kier molecular flexibility index (Phi) is 4.44. The van der Waals surface area contributed by atoms with Gasteiger partial charge in [-0.1, -0.05) is 11.6 Å². The van der Waals surface area contributed by atoms with Crippen molar-refractivity contribution < 1.29 is 9.76 Å². The molecule has 5 heteroatoms. The first kappa shape index (κ1) is 15.0. The Hall–Kier alpha value is -1.02. The Morgan fingerprint density at radius 3 is 2.39 bits per heavy atom. The highest BCUT2D eigenvalue weighted by Gasteiger charge is 2.35. The van der Waals surface area contributed by atoms with Crippen LogP contribution in [0, 0.1) is 11.3 Å². The average molecular weight is 266 g/mol. The fourth-order valence-electron chi connectivity index (χ4n) is 1.24. The topological polar surface area (TPSA) is 53.2 Å². The number of nitriles is 1. The second-order valence-corrected chi connectivity index (χ2v) is 5.75. The summed E-state index contributed by atoms with van der Waals surface area (Å²) in [6, 6.07) is 7.13. The predicted octanol–water partition coefficient (Wildman–Crippen LogP) is 1.75. The molecule has 0 aromatic heterocycles. The van der Waals surface area contributed by atoms with Crippen LogP contribution in [-0.2, 0) is 4.65 Å². The van der Waals surface area contributed by atoms with E-state index in [-0.39, 0.29) is 0 Å². The summed E-state index contributed by atoms with van der Waals surface area (Å²) >= 11 is 5.91. The van der Waals surface area contributed by atoms with Crippen molar-refractivity contribution >= 4 is 24.5 Å². The van der Waals surface area contributed by atoms with Crippen molar-refractivity contribution in [1.29, 1.82) is 5.26 Å². The summed E-state index contributed by atoms with van der Waals surface area (Å²) in [6.45, 7) is 7.04. The van der Waals surface area contributed by atoms with Gasteiger partial charge in [0.1, 0.15) is 0 Å². The molecule has 1 rings (SSSR count). The standard InChI is InChI=1S/C13H17BClNO2/c1-12(2,17)13(3,4)18-14-10-5-9(8-16)6-11(15)7-10/h5-7,14,17H,1-4H3. The molecule has 0 aliphatic rings. The van der Waals surface area contributed by atoms with Gasteiger partial charge in [-0.25, -0.2) is 0 Å². The lowest BCUT2D eigenvalue weighted by Gasteiger charge is -2.37. The Morgan fingerprint density at radius 1 is 1.28 bits per heavy atom. The van der Waals surface area contributed by atoms with Crippen LogP contribution in [0.5, 0.6) is 0 Å². The molecule has 0 unspecified atom stereocenters. The number of hydrogen-bond acceptors (Lipinski definition) is 3. The van der Waals surface area contributed by atoms with Gasteiger partial charge in [-0.2, -0.15) is 5.26 Å². The first-order valence-electron chi connectivity index (χ1n) is 5.71. The zero-order valence-electron chi connectivity index (χ0n) is 11.1. The first-order valence-corrected chi connectivity index (χ1v) is 6.09. The highest BCUT2D eigenvalue weighted by atomic mass is 35.5. The molecule has 96 valence electrons. The van der Waals surface area contributed by atoms with E-state index in [9.17, 15) is 5.11 Å². The lowest BCUT2D eigenvalue weighted by Crippen LogP contribution is -2.49. The third-order valence-electron chi connectivity index (χ3n) is 3.16. The minimum absolute atomic E-state index is 0.298. The fraction of sp³-hybridized carbons (Fsp3) is 0.462. The lowest BCUT2D eigenvalue weighted by atomic mass is 9.82. The van der Waals surface area contributed by atoms with Gasteiger partial charge in [0.2, 0.25) is 0 Å². The van der Waals surface area contributed by atoms with Gasteiger partial charge >= 0.3 is 7.48 Å². The Labute approximate surface area is 114 Å². The molecule has 18 heavy (non-hydrogen) atoms. The number of nitrogens with zero attached hydrogens (tertiary/aromatic N) is 1. The van der Waals surface area contributed by atoms with Crippen molar-refractivity contribution in [2.24, 2.45) is 0 Å². The predicted molar refractivity (Wildman–Crippen MR) is 74.4 cm³/mol. The third kappa shape index (κ3) is 3.74. The van der Waals surface area contributed by atoms with Gasteiger partial charge < -0.3 is 9.76 Å². The fourth-order valence-corrected chi connectivity index (χ4v) is 1.50. The summed E-state index contributed by atoms with van der Waals surface area (Å²) < 4.78 is 5.72. The summed E-state index contributed by atoms with van der Waals surface area (Å²) in [5.41, 5.74) is -0.329. The molecule has 0 fully saturated rings. The van der Waals surface area contributed by atoms with Crippen LogP contribution in [-0.4, -0.2) is 23.8 Å². The van der Waals surface area contributed by atoms with Crippen molar-refractivity contribution in [3.63, 3.8) is 0 Å². The molecule has 0 saturated carbocycles. The number of halogens is 1. The van der Waals surface area contributed by atoms with Crippen LogP contribution >= 0.6 is 11.6 Å². The second kappa shape index (κ2) is 5.32. The molecule has 0 saturated heterocycles. The molecule has 0 amide bonds. The summed E-state index contributed by atoms with van der Waals surface area (Å²) in [4.78, 5) is 0. The van der Waals surface area contributed by atoms with Crippen LogP contribution in [0.2, 0.25) is 5.02 Å². The largest absolute Gasteiger partial charge is 0.427 e. The zero-order chi connectivity index (χ0) is 14.0. The number of aliphatic hydroxyl groups is 1. The summed E-state index contributed by atoms with van der Waals surface area (Å²) in [5, 5.41) is 19.3. The van der Waals surface area contributed by atoms with E-state index in [1.807, 2.05) is 19.9 Å². The van der Waals surface area contributed by atoms with E-state index in [0.29, 0.717) is 18.1 Å². The van der Waals surface area contributed by atoms with Gasteiger partial charge in [0.25, 0.3) is 0 Å². The van der Waals surface area contributed by atoms with Gasteiger partial charge in [0, 0.05) is 5.02 Å². The van der Waals surface area contributed by atoms with Crippen LogP contribution in [0.1, 0.15) is 33.3 Å². The maximum Gasteiger partial charge on any atom is 0.309 e. The molecule has 1 aromatic carbocycles. The first-order chi connectivity index (χ1) is 8.15. The van der Waals surface area contributed by atoms with E-state index in [1.54, 1.807) is 32.0 Å². The molecule has 3 nitrogen and oxygen atoms in total. The van der Waals surface area contributed by atoms with Crippen molar-refractivity contribution in [2.45, 2.75) is 38.9 Å². The third-order valence-corrected chi connectivity index (χ3v) is 3.38. The second-order valence-electron chi connectivity index (χ2n) is 5.32. The van der Waals surface area contributed by atoms with Crippen molar-refractivity contribution in [3.05, 3.63) is 28.8 Å². The Balaban J connectivity index is 2.82. The van der Waals surface area contributed by atoms with E-state index < -0.39 is 11.2 Å². The molecule has 0 heterocycles. The van der Waals surface area contributed by atoms with E-state index >= 15 is 0 Å². The molecule has 0 aliphatic heterocycles. The van der Waals surface area contributed by atoms with E-state index in [1.165, 1.54) is 0 Å². The maximum atomic E-state index is 9.98. The number of hydrogen-bond donors (Lipinski definition) is 1. The molecule has 0 atom stereocenters. The van der Waals surface area contributed by atoms with E-state index in [0.717, 1.165) is 5.46 Å². The van der Waals surface area contributed by atoms with E-state index in [4.69, 9.17) is 21.5 Å². The minimum Gasteiger partial charge on any atom is -0.427 e. The van der Waals surface area contributed by atoms with E-state index in [2.05, 4.69) is 0 Å². The SMILES string of the molecule is CC(C)(O)C(C)(C)OBc1cc(Cl)cc(C#N)c1. The highest BCUT2D eigenvalue weighted by Crippen LogP contribution is 2.24. The van der Waals surface area contributed by atoms with Gasteiger partial charge in [-0.05, 0) is 51.4 Å². The van der Waals surface area contributed by atoms with Crippen LogP contribution in [0.25, 0.3) is 0 Å². The molecular formula is C13H17BClNO2. The molecule has 1 N–H and O–H groups in total. The van der Waals surface area contributed by atoms with Gasteiger partial charge in [-0.15, -0.1) is 0 Å². The molecule has 0 radical (unpaired) electrons. The van der Waals surface area contributed by atoms with Gasteiger partial charge in [0.05, 0.1) is 22.8 Å². The molecule has 0 aliphatic carbocycles. The number of benzene rings is 1. The van der Waals surface area contributed by atoms with Gasteiger partial charge in [-0.3, -0.25) is 0 Å². The van der Waals surface area contributed by atoms with Crippen molar-refractivity contribution in [1.82, 2.24) is 0 Å².